The van der Waals surface area contributed by atoms with Gasteiger partial charge in [0.25, 0.3) is 0 Å². The standard InChI is InChI=1S/C9H15BO2/c1-5-6-7-10-11-8(2)9(3,4)12-10/h5-6H,2,7H2,1,3-4H3. The monoisotopic (exact) mass is 166 g/mol. The minimum atomic E-state index is -0.327. The smallest absolute Gasteiger partial charge is 0.529 e. The Morgan fingerprint density at radius 2 is 2.25 bits per heavy atom. The van der Waals surface area contributed by atoms with Crippen LogP contribution in [0.3, 0.4) is 0 Å². The molecule has 0 N–H and O–H groups in total. The van der Waals surface area contributed by atoms with Gasteiger partial charge in [-0.3, -0.25) is 0 Å². The van der Waals surface area contributed by atoms with Gasteiger partial charge in [-0.05, 0) is 20.8 Å². The third-order valence-corrected chi connectivity index (χ3v) is 1.94. The minimum absolute atomic E-state index is 0.149. The number of hydrogen-bond acceptors (Lipinski definition) is 2. The highest BCUT2D eigenvalue weighted by Crippen LogP contribution is 2.30. The molecule has 1 heterocycles. The summed E-state index contributed by atoms with van der Waals surface area (Å²) in [5.74, 6) is 0.719. The normalized spacial score (nSPS) is 21.9. The summed E-state index contributed by atoms with van der Waals surface area (Å²) < 4.78 is 11.0. The SMILES string of the molecule is C=C1OB(CC=CC)OC1(C)C. The first-order valence-electron chi connectivity index (χ1n) is 4.21. The lowest BCUT2D eigenvalue weighted by Gasteiger charge is -2.15. The third kappa shape index (κ3) is 1.92. The summed E-state index contributed by atoms with van der Waals surface area (Å²) >= 11 is 0. The van der Waals surface area contributed by atoms with E-state index in [0.29, 0.717) is 0 Å². The minimum Gasteiger partial charge on any atom is -0.537 e. The van der Waals surface area contributed by atoms with Crippen LogP contribution in [-0.4, -0.2) is 12.7 Å². The molecule has 0 radical (unpaired) electrons. The lowest BCUT2D eigenvalue weighted by atomic mass is 9.85. The molecule has 3 heteroatoms. The van der Waals surface area contributed by atoms with Gasteiger partial charge >= 0.3 is 7.12 Å². The predicted molar refractivity (Wildman–Crippen MR) is 50.8 cm³/mol. The Bertz CT molecular complexity index is 209. The third-order valence-electron chi connectivity index (χ3n) is 1.94. The maximum absolute atomic E-state index is 5.59. The summed E-state index contributed by atoms with van der Waals surface area (Å²) in [6, 6.07) is 0. The number of hydrogen-bond donors (Lipinski definition) is 0. The van der Waals surface area contributed by atoms with Gasteiger partial charge < -0.3 is 9.31 Å². The second-order valence-corrected chi connectivity index (χ2v) is 3.40. The molecule has 1 fully saturated rings. The molecule has 0 aromatic rings. The van der Waals surface area contributed by atoms with E-state index in [4.69, 9.17) is 9.31 Å². The van der Waals surface area contributed by atoms with Crippen LogP contribution in [0, 0.1) is 0 Å². The average Bonchev–Trinajstić information content (AvgIpc) is 2.22. The van der Waals surface area contributed by atoms with Crippen molar-refractivity contribution in [3.63, 3.8) is 0 Å². The van der Waals surface area contributed by atoms with Gasteiger partial charge in [-0.1, -0.05) is 18.7 Å². The van der Waals surface area contributed by atoms with Crippen LogP contribution in [0.2, 0.25) is 6.32 Å². The quantitative estimate of drug-likeness (QED) is 0.463. The Morgan fingerprint density at radius 3 is 2.67 bits per heavy atom. The van der Waals surface area contributed by atoms with Gasteiger partial charge in [0, 0.05) is 6.32 Å². The zero-order valence-electron chi connectivity index (χ0n) is 7.96. The first-order chi connectivity index (χ1) is 5.56. The zero-order valence-corrected chi connectivity index (χ0v) is 7.96. The Morgan fingerprint density at radius 1 is 1.58 bits per heavy atom. The van der Waals surface area contributed by atoms with Crippen LogP contribution in [0.15, 0.2) is 24.5 Å². The average molecular weight is 166 g/mol. The van der Waals surface area contributed by atoms with Crippen molar-refractivity contribution >= 4 is 7.12 Å². The Kier molecular flexibility index (Phi) is 2.63. The molecule has 0 aliphatic carbocycles. The molecule has 1 aliphatic rings. The van der Waals surface area contributed by atoms with Crippen molar-refractivity contribution in [3.05, 3.63) is 24.5 Å². The molecule has 0 atom stereocenters. The highest BCUT2D eigenvalue weighted by Gasteiger charge is 2.40. The number of allylic oxidation sites excluding steroid dienone is 2. The van der Waals surface area contributed by atoms with E-state index in [2.05, 4.69) is 6.58 Å². The lowest BCUT2D eigenvalue weighted by Crippen LogP contribution is -2.23. The van der Waals surface area contributed by atoms with Gasteiger partial charge in [0.1, 0.15) is 5.60 Å². The van der Waals surface area contributed by atoms with E-state index in [-0.39, 0.29) is 12.7 Å². The van der Waals surface area contributed by atoms with E-state index in [9.17, 15) is 0 Å². The Balaban J connectivity index is 2.49. The highest BCUT2D eigenvalue weighted by atomic mass is 16.7. The van der Waals surface area contributed by atoms with Crippen molar-refractivity contribution in [2.24, 2.45) is 0 Å². The van der Waals surface area contributed by atoms with Crippen molar-refractivity contribution in [2.75, 3.05) is 0 Å². The summed E-state index contributed by atoms with van der Waals surface area (Å²) in [6.45, 7) is 9.70. The van der Waals surface area contributed by atoms with Crippen LogP contribution in [0.4, 0.5) is 0 Å². The van der Waals surface area contributed by atoms with Crippen LogP contribution >= 0.6 is 0 Å². The van der Waals surface area contributed by atoms with Gasteiger partial charge in [-0.2, -0.15) is 0 Å². The molecule has 0 bridgehead atoms. The van der Waals surface area contributed by atoms with E-state index < -0.39 is 0 Å². The molecule has 66 valence electrons. The van der Waals surface area contributed by atoms with E-state index in [1.54, 1.807) is 0 Å². The molecule has 1 aliphatic heterocycles. The maximum atomic E-state index is 5.59. The molecule has 2 nitrogen and oxygen atoms in total. The highest BCUT2D eigenvalue weighted by molar-refractivity contribution is 6.46. The summed E-state index contributed by atoms with van der Waals surface area (Å²) in [7, 11) is -0.149. The van der Waals surface area contributed by atoms with Gasteiger partial charge in [0.2, 0.25) is 0 Å². The largest absolute Gasteiger partial charge is 0.537 e. The molecular weight excluding hydrogens is 151 g/mol. The molecule has 1 rings (SSSR count). The van der Waals surface area contributed by atoms with Crippen LogP contribution in [0.25, 0.3) is 0 Å². The first-order valence-corrected chi connectivity index (χ1v) is 4.21. The van der Waals surface area contributed by atoms with E-state index in [1.165, 1.54) is 0 Å². The first kappa shape index (κ1) is 9.39. The van der Waals surface area contributed by atoms with Crippen molar-refractivity contribution in [3.8, 4) is 0 Å². The van der Waals surface area contributed by atoms with Gasteiger partial charge in [-0.15, -0.1) is 0 Å². The fourth-order valence-electron chi connectivity index (χ4n) is 1.06. The predicted octanol–water partition coefficient (Wildman–Crippen LogP) is 2.39. The van der Waals surface area contributed by atoms with Crippen LogP contribution in [-0.2, 0) is 9.31 Å². The Hall–Kier alpha value is -0.695. The molecule has 0 unspecified atom stereocenters. The Labute approximate surface area is 74.4 Å². The van der Waals surface area contributed by atoms with Crippen LogP contribution in [0.1, 0.15) is 20.8 Å². The summed E-state index contributed by atoms with van der Waals surface area (Å²) in [6.07, 6.45) is 4.80. The van der Waals surface area contributed by atoms with Gasteiger partial charge in [-0.25, -0.2) is 0 Å². The second kappa shape index (κ2) is 3.36. The second-order valence-electron chi connectivity index (χ2n) is 3.40. The summed E-state index contributed by atoms with van der Waals surface area (Å²) in [5, 5.41) is 0. The van der Waals surface area contributed by atoms with E-state index in [1.807, 2.05) is 32.9 Å². The number of rotatable bonds is 2. The fourth-order valence-corrected chi connectivity index (χ4v) is 1.06. The molecule has 0 aromatic heterocycles. The maximum Gasteiger partial charge on any atom is 0.529 e. The van der Waals surface area contributed by atoms with Crippen LogP contribution in [0.5, 0.6) is 0 Å². The summed E-state index contributed by atoms with van der Waals surface area (Å²) in [4.78, 5) is 0. The molecular formula is C9H15BO2. The molecule has 0 saturated carbocycles. The summed E-state index contributed by atoms with van der Waals surface area (Å²) in [5.41, 5.74) is -0.327. The molecule has 12 heavy (non-hydrogen) atoms. The molecule has 0 spiro atoms. The van der Waals surface area contributed by atoms with Crippen molar-refractivity contribution in [1.29, 1.82) is 0 Å². The fraction of sp³-hybridized carbons (Fsp3) is 0.556. The molecule has 0 aromatic carbocycles. The van der Waals surface area contributed by atoms with E-state index >= 15 is 0 Å². The molecule has 1 saturated heterocycles. The lowest BCUT2D eigenvalue weighted by molar-refractivity contribution is 0.170. The van der Waals surface area contributed by atoms with Gasteiger partial charge in [0.05, 0.1) is 5.76 Å². The van der Waals surface area contributed by atoms with Gasteiger partial charge in [0.15, 0.2) is 0 Å². The van der Waals surface area contributed by atoms with E-state index in [0.717, 1.165) is 12.1 Å². The zero-order chi connectivity index (χ0) is 9.19. The topological polar surface area (TPSA) is 18.5 Å². The van der Waals surface area contributed by atoms with Crippen molar-refractivity contribution in [1.82, 2.24) is 0 Å². The van der Waals surface area contributed by atoms with Crippen LogP contribution < -0.4 is 0 Å². The van der Waals surface area contributed by atoms with Crippen molar-refractivity contribution < 1.29 is 9.31 Å². The van der Waals surface area contributed by atoms with Crippen molar-refractivity contribution in [2.45, 2.75) is 32.7 Å². The molecule has 0 amide bonds.